The molecular weight excluding hydrogens is 374 g/mol. The van der Waals surface area contributed by atoms with Gasteiger partial charge in [0.25, 0.3) is 5.69 Å². The van der Waals surface area contributed by atoms with Crippen molar-refractivity contribution in [2.75, 3.05) is 7.11 Å². The molecule has 4 rings (SSSR count). The van der Waals surface area contributed by atoms with Crippen LogP contribution in [0.2, 0.25) is 0 Å². The highest BCUT2D eigenvalue weighted by molar-refractivity contribution is 6.04. The average molecular weight is 391 g/mol. The van der Waals surface area contributed by atoms with Crippen molar-refractivity contribution in [3.8, 4) is 5.75 Å². The second-order valence-electron chi connectivity index (χ2n) is 6.47. The zero-order valence-electron chi connectivity index (χ0n) is 15.5. The molecule has 2 aromatic carbocycles. The van der Waals surface area contributed by atoms with Crippen LogP contribution in [0, 0.1) is 10.1 Å². The number of non-ortho nitro benzene ring substituents is 1. The Morgan fingerprint density at radius 2 is 2.00 bits per heavy atom. The van der Waals surface area contributed by atoms with Crippen LogP contribution in [-0.4, -0.2) is 28.7 Å². The third kappa shape index (κ3) is 3.60. The summed E-state index contributed by atoms with van der Waals surface area (Å²) in [6, 6.07) is 16.3. The summed E-state index contributed by atoms with van der Waals surface area (Å²) in [5.41, 5.74) is 2.14. The first-order valence-corrected chi connectivity index (χ1v) is 8.90. The highest BCUT2D eigenvalue weighted by Gasteiger charge is 2.35. The van der Waals surface area contributed by atoms with Gasteiger partial charge in [-0.3, -0.25) is 14.9 Å². The Morgan fingerprint density at radius 3 is 2.66 bits per heavy atom. The van der Waals surface area contributed by atoms with Gasteiger partial charge in [-0.2, -0.15) is 5.10 Å². The smallest absolute Gasteiger partial charge is 0.310 e. The first-order valence-electron chi connectivity index (χ1n) is 8.90. The van der Waals surface area contributed by atoms with Gasteiger partial charge in [0.2, 0.25) is 0 Å². The summed E-state index contributed by atoms with van der Waals surface area (Å²) in [6.45, 7) is 0. The van der Waals surface area contributed by atoms with Gasteiger partial charge in [-0.05, 0) is 47.5 Å². The SMILES string of the molecule is COc1ccc(C2=NN(C(=O)c3ccco3)[C@H](c3cccc([N+](=O)[O-])c3)C2)cc1. The zero-order valence-corrected chi connectivity index (χ0v) is 15.5. The van der Waals surface area contributed by atoms with E-state index in [1.54, 1.807) is 31.4 Å². The van der Waals surface area contributed by atoms with E-state index in [0.29, 0.717) is 23.4 Å². The van der Waals surface area contributed by atoms with Crippen LogP contribution in [0.15, 0.2) is 76.4 Å². The van der Waals surface area contributed by atoms with Crippen LogP contribution in [0.4, 0.5) is 5.69 Å². The molecule has 0 unspecified atom stereocenters. The molecule has 0 aliphatic carbocycles. The van der Waals surface area contributed by atoms with Gasteiger partial charge in [-0.15, -0.1) is 0 Å². The van der Waals surface area contributed by atoms with Gasteiger partial charge in [0, 0.05) is 18.6 Å². The fourth-order valence-electron chi connectivity index (χ4n) is 3.27. The average Bonchev–Trinajstić information content (AvgIpc) is 3.44. The van der Waals surface area contributed by atoms with Gasteiger partial charge in [-0.1, -0.05) is 12.1 Å². The van der Waals surface area contributed by atoms with Crippen molar-refractivity contribution in [1.82, 2.24) is 5.01 Å². The minimum absolute atomic E-state index is 0.0363. The van der Waals surface area contributed by atoms with E-state index in [1.165, 1.54) is 23.4 Å². The van der Waals surface area contributed by atoms with E-state index < -0.39 is 16.9 Å². The van der Waals surface area contributed by atoms with E-state index in [4.69, 9.17) is 9.15 Å². The quantitative estimate of drug-likeness (QED) is 0.480. The number of furan rings is 1. The minimum atomic E-state index is -0.482. The maximum atomic E-state index is 13.0. The number of amides is 1. The molecule has 0 saturated carbocycles. The Balaban J connectivity index is 1.72. The maximum absolute atomic E-state index is 13.0. The normalized spacial score (nSPS) is 15.8. The molecule has 8 heteroatoms. The number of nitro benzene ring substituents is 1. The first-order chi connectivity index (χ1) is 14.1. The number of hydrogen-bond donors (Lipinski definition) is 0. The lowest BCUT2D eigenvalue weighted by atomic mass is 9.98. The largest absolute Gasteiger partial charge is 0.497 e. The molecule has 146 valence electrons. The number of hydrogen-bond acceptors (Lipinski definition) is 6. The molecule has 1 aliphatic rings. The number of benzene rings is 2. The second-order valence-corrected chi connectivity index (χ2v) is 6.47. The van der Waals surface area contributed by atoms with E-state index >= 15 is 0 Å². The van der Waals surface area contributed by atoms with E-state index in [0.717, 1.165) is 5.56 Å². The summed E-state index contributed by atoms with van der Waals surface area (Å²) >= 11 is 0. The highest BCUT2D eigenvalue weighted by atomic mass is 16.6. The Labute approximate surface area is 166 Å². The van der Waals surface area contributed by atoms with Gasteiger partial charge in [0.15, 0.2) is 5.76 Å². The molecule has 1 aromatic heterocycles. The molecule has 0 radical (unpaired) electrons. The van der Waals surface area contributed by atoms with Gasteiger partial charge >= 0.3 is 5.91 Å². The van der Waals surface area contributed by atoms with Crippen LogP contribution >= 0.6 is 0 Å². The van der Waals surface area contributed by atoms with Gasteiger partial charge in [-0.25, -0.2) is 5.01 Å². The lowest BCUT2D eigenvalue weighted by Gasteiger charge is -2.20. The van der Waals surface area contributed by atoms with Crippen LogP contribution < -0.4 is 4.74 Å². The summed E-state index contributed by atoms with van der Waals surface area (Å²) in [5.74, 6) is 0.460. The van der Waals surface area contributed by atoms with Crippen LogP contribution in [0.1, 0.15) is 34.1 Å². The van der Waals surface area contributed by atoms with Crippen molar-refractivity contribution in [3.63, 3.8) is 0 Å². The summed E-state index contributed by atoms with van der Waals surface area (Å²) in [6.07, 6.45) is 1.83. The number of methoxy groups -OCH3 is 1. The van der Waals surface area contributed by atoms with Gasteiger partial charge in [0.1, 0.15) is 5.75 Å². The number of carbonyl (C=O) groups is 1. The predicted molar refractivity (Wildman–Crippen MR) is 105 cm³/mol. The molecule has 0 saturated heterocycles. The molecule has 29 heavy (non-hydrogen) atoms. The van der Waals surface area contributed by atoms with E-state index in [2.05, 4.69) is 5.10 Å². The summed E-state index contributed by atoms with van der Waals surface area (Å²) in [7, 11) is 1.59. The van der Waals surface area contributed by atoms with Crippen molar-refractivity contribution in [3.05, 3.63) is 93.9 Å². The summed E-state index contributed by atoms with van der Waals surface area (Å²) < 4.78 is 10.4. The van der Waals surface area contributed by atoms with Crippen molar-refractivity contribution < 1.29 is 18.9 Å². The number of hydrazone groups is 1. The Morgan fingerprint density at radius 1 is 1.21 bits per heavy atom. The lowest BCUT2D eigenvalue weighted by molar-refractivity contribution is -0.384. The van der Waals surface area contributed by atoms with Crippen molar-refractivity contribution in [2.45, 2.75) is 12.5 Å². The third-order valence-corrected chi connectivity index (χ3v) is 4.74. The molecule has 0 N–H and O–H groups in total. The fourth-order valence-corrected chi connectivity index (χ4v) is 3.27. The molecular formula is C21H17N3O5. The highest BCUT2D eigenvalue weighted by Crippen LogP contribution is 2.35. The molecule has 3 aromatic rings. The van der Waals surface area contributed by atoms with Gasteiger partial charge in [0.05, 0.1) is 30.0 Å². The van der Waals surface area contributed by atoms with Crippen molar-refractivity contribution in [1.29, 1.82) is 0 Å². The van der Waals surface area contributed by atoms with Crippen LogP contribution in [0.5, 0.6) is 5.75 Å². The third-order valence-electron chi connectivity index (χ3n) is 4.74. The van der Waals surface area contributed by atoms with Crippen LogP contribution in [0.25, 0.3) is 0 Å². The predicted octanol–water partition coefficient (Wildman–Crippen LogP) is 4.19. The molecule has 0 bridgehead atoms. The molecule has 0 fully saturated rings. The van der Waals surface area contributed by atoms with Crippen LogP contribution in [0.3, 0.4) is 0 Å². The van der Waals surface area contributed by atoms with Crippen LogP contribution in [-0.2, 0) is 0 Å². The molecule has 2 heterocycles. The number of ether oxygens (including phenoxy) is 1. The standard InChI is InChI=1S/C21H17N3O5/c1-28-17-9-7-14(8-10-17)18-13-19(15-4-2-5-16(12-15)24(26)27)23(22-18)21(25)20-6-3-11-29-20/h2-12,19H,13H2,1H3/t19-/m0/s1. The second kappa shape index (κ2) is 7.59. The monoisotopic (exact) mass is 391 g/mol. The fraction of sp³-hybridized carbons (Fsp3) is 0.143. The molecule has 1 amide bonds. The van der Waals surface area contributed by atoms with E-state index in [-0.39, 0.29) is 11.4 Å². The molecule has 1 aliphatic heterocycles. The van der Waals surface area contributed by atoms with E-state index in [9.17, 15) is 14.9 Å². The van der Waals surface area contributed by atoms with Gasteiger partial charge < -0.3 is 9.15 Å². The minimum Gasteiger partial charge on any atom is -0.497 e. The van der Waals surface area contributed by atoms with E-state index in [1.807, 2.05) is 24.3 Å². The molecule has 8 nitrogen and oxygen atoms in total. The Hall–Kier alpha value is -3.94. The number of rotatable bonds is 5. The Kier molecular flexibility index (Phi) is 4.82. The Bertz CT molecular complexity index is 1070. The molecule has 1 atom stereocenters. The number of carbonyl (C=O) groups excluding carboxylic acids is 1. The maximum Gasteiger partial charge on any atom is 0.310 e. The topological polar surface area (TPSA) is 98.2 Å². The number of nitrogens with zero attached hydrogens (tertiary/aromatic N) is 3. The molecule has 0 spiro atoms. The summed E-state index contributed by atoms with van der Waals surface area (Å²) in [4.78, 5) is 23.7. The first kappa shape index (κ1) is 18.4. The number of nitro groups is 1. The van der Waals surface area contributed by atoms with Crippen molar-refractivity contribution in [2.24, 2.45) is 5.10 Å². The lowest BCUT2D eigenvalue weighted by Crippen LogP contribution is -2.26. The summed E-state index contributed by atoms with van der Waals surface area (Å²) in [5, 5.41) is 17.0. The zero-order chi connectivity index (χ0) is 20.4. The van der Waals surface area contributed by atoms with Crippen molar-refractivity contribution >= 4 is 17.3 Å².